The number of nitrogens with zero attached hydrogens (tertiary/aromatic N) is 1. The SMILES string of the molecule is NC1=C(F)CO[C@@H](C(=O)N2CCc3ccccc3[C@@H]2c2ccc(F)cc2)C1. The van der Waals surface area contributed by atoms with Crippen molar-refractivity contribution in [3.63, 3.8) is 0 Å². The van der Waals surface area contributed by atoms with Gasteiger partial charge < -0.3 is 15.4 Å². The largest absolute Gasteiger partial charge is 0.400 e. The van der Waals surface area contributed by atoms with Crippen molar-refractivity contribution in [3.05, 3.63) is 82.6 Å². The molecule has 2 heterocycles. The molecular weight excluding hydrogens is 350 g/mol. The van der Waals surface area contributed by atoms with Crippen LogP contribution >= 0.6 is 0 Å². The number of carbonyl (C=O) groups excluding carboxylic acids is 1. The Bertz CT molecular complexity index is 895. The number of hydrogen-bond donors (Lipinski definition) is 1. The van der Waals surface area contributed by atoms with E-state index in [2.05, 4.69) is 0 Å². The van der Waals surface area contributed by atoms with Crippen molar-refractivity contribution < 1.29 is 18.3 Å². The fourth-order valence-corrected chi connectivity index (χ4v) is 3.79. The lowest BCUT2D eigenvalue weighted by atomic mass is 9.87. The summed E-state index contributed by atoms with van der Waals surface area (Å²) in [5.41, 5.74) is 8.74. The first-order valence-electron chi connectivity index (χ1n) is 8.93. The van der Waals surface area contributed by atoms with E-state index in [1.807, 2.05) is 24.3 Å². The van der Waals surface area contributed by atoms with Gasteiger partial charge in [0.15, 0.2) is 0 Å². The molecule has 1 amide bonds. The molecule has 2 atom stereocenters. The number of halogens is 2. The maximum Gasteiger partial charge on any atom is 0.252 e. The maximum absolute atomic E-state index is 13.5. The van der Waals surface area contributed by atoms with Crippen LogP contribution in [0, 0.1) is 5.82 Å². The molecule has 0 radical (unpaired) electrons. The Hall–Kier alpha value is -2.73. The molecule has 0 aromatic heterocycles. The summed E-state index contributed by atoms with van der Waals surface area (Å²) in [7, 11) is 0. The zero-order valence-electron chi connectivity index (χ0n) is 14.7. The highest BCUT2D eigenvalue weighted by molar-refractivity contribution is 5.83. The highest BCUT2D eigenvalue weighted by Gasteiger charge is 2.37. The average Bonchev–Trinajstić information content (AvgIpc) is 2.69. The summed E-state index contributed by atoms with van der Waals surface area (Å²) >= 11 is 0. The number of ether oxygens (including phenoxy) is 1. The summed E-state index contributed by atoms with van der Waals surface area (Å²) in [6.07, 6.45) is -0.0528. The fraction of sp³-hybridized carbons (Fsp3) is 0.286. The lowest BCUT2D eigenvalue weighted by molar-refractivity contribution is -0.146. The third kappa shape index (κ3) is 3.32. The van der Waals surface area contributed by atoms with E-state index in [0.717, 1.165) is 16.7 Å². The lowest BCUT2D eigenvalue weighted by Crippen LogP contribution is -2.47. The fourth-order valence-electron chi connectivity index (χ4n) is 3.79. The molecule has 0 spiro atoms. The molecule has 0 fully saturated rings. The molecule has 2 aromatic carbocycles. The first kappa shape index (κ1) is 17.7. The molecule has 6 heteroatoms. The predicted octanol–water partition coefficient (Wildman–Crippen LogP) is 3.23. The van der Waals surface area contributed by atoms with Crippen molar-refractivity contribution in [1.29, 1.82) is 0 Å². The summed E-state index contributed by atoms with van der Waals surface area (Å²) in [5.74, 6) is -1.07. The van der Waals surface area contributed by atoms with Gasteiger partial charge in [-0.25, -0.2) is 8.78 Å². The zero-order chi connectivity index (χ0) is 19.0. The predicted molar refractivity (Wildman–Crippen MR) is 96.8 cm³/mol. The van der Waals surface area contributed by atoms with Crippen molar-refractivity contribution in [2.75, 3.05) is 13.2 Å². The van der Waals surface area contributed by atoms with Crippen molar-refractivity contribution in [2.45, 2.75) is 25.0 Å². The van der Waals surface area contributed by atoms with Gasteiger partial charge in [-0.15, -0.1) is 0 Å². The normalized spacial score (nSPS) is 22.5. The van der Waals surface area contributed by atoms with Gasteiger partial charge in [0.2, 0.25) is 0 Å². The second-order valence-corrected chi connectivity index (χ2v) is 6.87. The number of carbonyl (C=O) groups is 1. The van der Waals surface area contributed by atoms with Crippen LogP contribution in [-0.2, 0) is 16.0 Å². The molecule has 0 saturated heterocycles. The molecular formula is C21H20F2N2O2. The summed E-state index contributed by atoms with van der Waals surface area (Å²) in [6.45, 7) is 0.220. The van der Waals surface area contributed by atoms with Crippen molar-refractivity contribution >= 4 is 5.91 Å². The van der Waals surface area contributed by atoms with E-state index in [1.165, 1.54) is 12.1 Å². The second-order valence-electron chi connectivity index (χ2n) is 6.87. The number of hydrogen-bond acceptors (Lipinski definition) is 3. The highest BCUT2D eigenvalue weighted by Crippen LogP contribution is 2.36. The molecule has 2 aliphatic rings. The summed E-state index contributed by atoms with van der Waals surface area (Å²) in [4.78, 5) is 14.9. The van der Waals surface area contributed by atoms with Gasteiger partial charge in [0.1, 0.15) is 24.4 Å². The van der Waals surface area contributed by atoms with Gasteiger partial charge in [-0.2, -0.15) is 0 Å². The number of nitrogens with two attached hydrogens (primary N) is 1. The molecule has 27 heavy (non-hydrogen) atoms. The summed E-state index contributed by atoms with van der Waals surface area (Å²) in [5, 5.41) is 0. The third-order valence-corrected chi connectivity index (χ3v) is 5.19. The van der Waals surface area contributed by atoms with Gasteiger partial charge in [0.05, 0.1) is 6.04 Å². The van der Waals surface area contributed by atoms with Crippen LogP contribution < -0.4 is 5.73 Å². The van der Waals surface area contributed by atoms with Crippen LogP contribution in [0.3, 0.4) is 0 Å². The topological polar surface area (TPSA) is 55.6 Å². The number of amides is 1. The van der Waals surface area contributed by atoms with Crippen LogP contribution in [0.2, 0.25) is 0 Å². The van der Waals surface area contributed by atoms with Gasteiger partial charge >= 0.3 is 0 Å². The first-order chi connectivity index (χ1) is 13.0. The Kier molecular flexibility index (Phi) is 4.66. The standard InChI is InChI=1S/C21H20F2N2O2/c22-15-7-5-14(6-8-15)20-16-4-2-1-3-13(16)9-10-25(20)21(26)19-11-18(24)17(23)12-27-19/h1-8,19-20H,9-12,24H2/t19-,20+/m1/s1. The van der Waals surface area contributed by atoms with E-state index >= 15 is 0 Å². The van der Waals surface area contributed by atoms with Gasteiger partial charge in [-0.1, -0.05) is 36.4 Å². The average molecular weight is 370 g/mol. The molecule has 0 unspecified atom stereocenters. The van der Waals surface area contributed by atoms with Crippen LogP contribution in [0.25, 0.3) is 0 Å². The van der Waals surface area contributed by atoms with Crippen LogP contribution in [-0.4, -0.2) is 30.1 Å². The number of rotatable bonds is 2. The van der Waals surface area contributed by atoms with Crippen molar-refractivity contribution in [2.24, 2.45) is 5.73 Å². The van der Waals surface area contributed by atoms with E-state index in [4.69, 9.17) is 10.5 Å². The van der Waals surface area contributed by atoms with Crippen molar-refractivity contribution in [1.82, 2.24) is 4.90 Å². The van der Waals surface area contributed by atoms with Crippen LogP contribution in [0.1, 0.15) is 29.2 Å². The quantitative estimate of drug-likeness (QED) is 0.883. The Morgan fingerprint density at radius 1 is 1.11 bits per heavy atom. The van der Waals surface area contributed by atoms with E-state index in [9.17, 15) is 13.6 Å². The Labute approximate surface area is 156 Å². The number of benzene rings is 2. The van der Waals surface area contributed by atoms with Gasteiger partial charge in [-0.3, -0.25) is 4.79 Å². The van der Waals surface area contributed by atoms with E-state index < -0.39 is 11.9 Å². The van der Waals surface area contributed by atoms with Crippen LogP contribution in [0.5, 0.6) is 0 Å². The number of fused-ring (bicyclic) bond motifs is 1. The first-order valence-corrected chi connectivity index (χ1v) is 8.93. The Balaban J connectivity index is 1.71. The zero-order valence-corrected chi connectivity index (χ0v) is 14.7. The highest BCUT2D eigenvalue weighted by atomic mass is 19.1. The molecule has 140 valence electrons. The van der Waals surface area contributed by atoms with Crippen LogP contribution in [0.4, 0.5) is 8.78 Å². The van der Waals surface area contributed by atoms with E-state index in [0.29, 0.717) is 13.0 Å². The van der Waals surface area contributed by atoms with Gasteiger partial charge in [0.25, 0.3) is 5.91 Å². The minimum Gasteiger partial charge on any atom is -0.400 e. The second kappa shape index (κ2) is 7.12. The van der Waals surface area contributed by atoms with Gasteiger partial charge in [0, 0.05) is 18.7 Å². The molecule has 0 saturated carbocycles. The van der Waals surface area contributed by atoms with Crippen molar-refractivity contribution in [3.8, 4) is 0 Å². The minimum absolute atomic E-state index is 0.0406. The minimum atomic E-state index is -0.808. The summed E-state index contributed by atoms with van der Waals surface area (Å²) in [6, 6.07) is 13.7. The molecule has 4 nitrogen and oxygen atoms in total. The van der Waals surface area contributed by atoms with E-state index in [-0.39, 0.29) is 36.5 Å². The molecule has 2 aliphatic heterocycles. The maximum atomic E-state index is 13.5. The van der Waals surface area contributed by atoms with Crippen LogP contribution in [0.15, 0.2) is 60.1 Å². The lowest BCUT2D eigenvalue weighted by Gasteiger charge is -2.40. The molecule has 2 aromatic rings. The molecule has 4 rings (SSSR count). The summed E-state index contributed by atoms with van der Waals surface area (Å²) < 4.78 is 32.3. The molecule has 0 aliphatic carbocycles. The Morgan fingerprint density at radius 2 is 1.85 bits per heavy atom. The monoisotopic (exact) mass is 370 g/mol. The molecule has 0 bridgehead atoms. The third-order valence-electron chi connectivity index (χ3n) is 5.19. The Morgan fingerprint density at radius 3 is 2.59 bits per heavy atom. The molecule has 2 N–H and O–H groups in total. The van der Waals surface area contributed by atoms with Gasteiger partial charge in [-0.05, 0) is 35.2 Å². The van der Waals surface area contributed by atoms with E-state index in [1.54, 1.807) is 17.0 Å². The smallest absolute Gasteiger partial charge is 0.252 e.